The summed E-state index contributed by atoms with van der Waals surface area (Å²) in [6.07, 6.45) is 1.63. The minimum atomic E-state index is -0.926. The lowest BCUT2D eigenvalue weighted by atomic mass is 9.83. The average Bonchev–Trinajstić information content (AvgIpc) is 2.69. The van der Waals surface area contributed by atoms with Crippen molar-refractivity contribution in [3.8, 4) is 0 Å². The van der Waals surface area contributed by atoms with E-state index in [2.05, 4.69) is 20.3 Å². The van der Waals surface area contributed by atoms with E-state index in [1.165, 1.54) is 36.2 Å². The van der Waals surface area contributed by atoms with Gasteiger partial charge in [0.25, 0.3) is 5.91 Å². The number of hydrogen-bond donors (Lipinski definition) is 4. The molecule has 3 heterocycles. The number of carbonyl (C=O) groups is 1. The molecular formula is C18H17F2N5O2S. The number of benzene rings is 1. The van der Waals surface area contributed by atoms with E-state index < -0.39 is 23.1 Å². The Morgan fingerprint density at radius 2 is 2.21 bits per heavy atom. The zero-order valence-electron chi connectivity index (χ0n) is 14.6. The summed E-state index contributed by atoms with van der Waals surface area (Å²) in [6.45, 7) is 0.743. The van der Waals surface area contributed by atoms with E-state index in [0.717, 1.165) is 12.3 Å². The molecule has 0 aliphatic carbocycles. The summed E-state index contributed by atoms with van der Waals surface area (Å²) < 4.78 is 36.3. The zero-order chi connectivity index (χ0) is 19.7. The van der Waals surface area contributed by atoms with Gasteiger partial charge in [0.2, 0.25) is 0 Å². The van der Waals surface area contributed by atoms with Crippen molar-refractivity contribution in [1.29, 1.82) is 5.41 Å². The van der Waals surface area contributed by atoms with Gasteiger partial charge >= 0.3 is 0 Å². The topological polar surface area (TPSA) is 99.1 Å². The molecule has 28 heavy (non-hydrogen) atoms. The summed E-state index contributed by atoms with van der Waals surface area (Å²) in [5.41, 5.74) is -0.213. The predicted molar refractivity (Wildman–Crippen MR) is 101 cm³/mol. The number of hydrogen-bond acceptors (Lipinski definition) is 5. The van der Waals surface area contributed by atoms with Crippen molar-refractivity contribution in [2.24, 2.45) is 0 Å². The summed E-state index contributed by atoms with van der Waals surface area (Å²) >= 11 is 1.36. The van der Waals surface area contributed by atoms with Gasteiger partial charge in [-0.05, 0) is 48.7 Å². The largest absolute Gasteiger partial charge is 0.379 e. The Bertz CT molecular complexity index is 927. The Morgan fingerprint density at radius 3 is 3.00 bits per heavy atom. The van der Waals surface area contributed by atoms with Crippen molar-refractivity contribution >= 4 is 29.5 Å². The van der Waals surface area contributed by atoms with Crippen LogP contribution in [-0.2, 0) is 10.3 Å². The number of ether oxygens (including phenoxy) is 1. The van der Waals surface area contributed by atoms with Gasteiger partial charge in [-0.15, -0.1) is 0 Å². The average molecular weight is 405 g/mol. The highest BCUT2D eigenvalue weighted by Crippen LogP contribution is 2.41. The van der Waals surface area contributed by atoms with E-state index in [-0.39, 0.29) is 23.5 Å². The Labute approximate surface area is 163 Å². The third kappa shape index (κ3) is 3.40. The van der Waals surface area contributed by atoms with E-state index in [4.69, 9.17) is 10.1 Å². The van der Waals surface area contributed by atoms with Crippen LogP contribution in [0.5, 0.6) is 0 Å². The molecule has 1 aromatic carbocycles. The van der Waals surface area contributed by atoms with Crippen molar-refractivity contribution in [2.45, 2.75) is 17.2 Å². The summed E-state index contributed by atoms with van der Waals surface area (Å²) in [7, 11) is 0. The van der Waals surface area contributed by atoms with Gasteiger partial charge in [-0.2, -0.15) is 0 Å². The van der Waals surface area contributed by atoms with E-state index in [0.29, 0.717) is 24.3 Å². The molecule has 0 spiro atoms. The lowest BCUT2D eigenvalue weighted by Gasteiger charge is -2.47. The third-order valence-corrected chi connectivity index (χ3v) is 5.96. The lowest BCUT2D eigenvalue weighted by molar-refractivity contribution is 0.0287. The van der Waals surface area contributed by atoms with Crippen LogP contribution in [-0.4, -0.2) is 35.3 Å². The van der Waals surface area contributed by atoms with Gasteiger partial charge in [0, 0.05) is 17.9 Å². The minimum Gasteiger partial charge on any atom is -0.379 e. The monoisotopic (exact) mass is 405 g/mol. The third-order valence-electron chi connectivity index (χ3n) is 4.72. The Hall–Kier alpha value is -2.72. The molecule has 10 heteroatoms. The van der Waals surface area contributed by atoms with Crippen molar-refractivity contribution in [3.63, 3.8) is 0 Å². The molecule has 146 valence electrons. The number of fused-ring (bicyclic) bond motifs is 1. The molecule has 2 saturated heterocycles. The summed E-state index contributed by atoms with van der Waals surface area (Å²) in [4.78, 5) is 16.1. The summed E-state index contributed by atoms with van der Waals surface area (Å²) in [6, 6.07) is 6.65. The molecule has 7 nitrogen and oxygen atoms in total. The molecule has 2 aromatic rings. The number of guanidine groups is 1. The molecule has 4 N–H and O–H groups in total. The highest BCUT2D eigenvalue weighted by Gasteiger charge is 2.48. The van der Waals surface area contributed by atoms with Crippen molar-refractivity contribution < 1.29 is 18.3 Å². The summed E-state index contributed by atoms with van der Waals surface area (Å²) in [5.74, 6) is -1.47. The molecule has 2 aliphatic heterocycles. The molecule has 0 saturated carbocycles. The number of anilines is 1. The van der Waals surface area contributed by atoms with Crippen molar-refractivity contribution in [3.05, 3.63) is 59.4 Å². The van der Waals surface area contributed by atoms with Crippen LogP contribution in [0.25, 0.3) is 0 Å². The van der Waals surface area contributed by atoms with Gasteiger partial charge in [-0.1, -0.05) is 0 Å². The van der Waals surface area contributed by atoms with E-state index in [1.807, 2.05) is 0 Å². The zero-order valence-corrected chi connectivity index (χ0v) is 15.4. The van der Waals surface area contributed by atoms with Crippen LogP contribution in [0.3, 0.4) is 0 Å². The van der Waals surface area contributed by atoms with E-state index >= 15 is 0 Å². The SMILES string of the molecule is N=C1NSC2CCOC[C@]2(c2cc(NC(=O)c3ccc(F)cn3)ccc2F)N1. The quantitative estimate of drug-likeness (QED) is 0.586. The lowest BCUT2D eigenvalue weighted by Crippen LogP contribution is -2.64. The Balaban J connectivity index is 1.65. The molecule has 1 unspecified atom stereocenters. The maximum Gasteiger partial charge on any atom is 0.274 e. The first-order valence-electron chi connectivity index (χ1n) is 8.57. The number of carbonyl (C=O) groups excluding carboxylic acids is 1. The standard InChI is InChI=1S/C18H17F2N5O2S/c19-10-1-4-14(22-8-10)16(26)23-11-2-3-13(20)12(7-11)18-9-27-6-5-15(18)28-25-17(21)24-18/h1-4,7-8,15H,5-6,9H2,(H,23,26)(H3,21,24,25)/t15?,18-/m1/s1. The number of rotatable bonds is 3. The second kappa shape index (κ2) is 7.36. The predicted octanol–water partition coefficient (Wildman–Crippen LogP) is 2.37. The molecule has 2 aliphatic rings. The Morgan fingerprint density at radius 1 is 1.36 bits per heavy atom. The van der Waals surface area contributed by atoms with Crippen molar-refractivity contribution in [2.75, 3.05) is 18.5 Å². The first-order valence-corrected chi connectivity index (χ1v) is 9.45. The highest BCUT2D eigenvalue weighted by molar-refractivity contribution is 7.98. The molecule has 0 radical (unpaired) electrons. The first-order chi connectivity index (χ1) is 13.5. The van der Waals surface area contributed by atoms with Crippen molar-refractivity contribution in [1.82, 2.24) is 15.0 Å². The van der Waals surface area contributed by atoms with Gasteiger partial charge < -0.3 is 20.1 Å². The number of halogens is 2. The van der Waals surface area contributed by atoms with Crippen LogP contribution in [0.4, 0.5) is 14.5 Å². The maximum atomic E-state index is 14.8. The maximum absolute atomic E-state index is 14.8. The second-order valence-corrected chi connectivity index (χ2v) is 7.54. The molecule has 4 rings (SSSR count). The minimum absolute atomic E-state index is 0.0432. The number of amides is 1. The van der Waals surface area contributed by atoms with Gasteiger partial charge in [-0.25, -0.2) is 13.8 Å². The number of aromatic nitrogens is 1. The van der Waals surface area contributed by atoms with Crippen LogP contribution in [0.2, 0.25) is 0 Å². The van der Waals surface area contributed by atoms with Crippen LogP contribution in [0.1, 0.15) is 22.5 Å². The smallest absolute Gasteiger partial charge is 0.274 e. The fourth-order valence-corrected chi connectivity index (χ4v) is 4.37. The molecule has 0 bridgehead atoms. The van der Waals surface area contributed by atoms with Gasteiger partial charge in [0.05, 0.1) is 18.1 Å². The number of pyridine rings is 1. The molecular weight excluding hydrogens is 388 g/mol. The second-order valence-electron chi connectivity index (χ2n) is 6.53. The molecule has 1 aromatic heterocycles. The van der Waals surface area contributed by atoms with Gasteiger partial charge in [0.15, 0.2) is 5.96 Å². The van der Waals surface area contributed by atoms with Crippen LogP contribution in [0.15, 0.2) is 36.5 Å². The molecule has 1 amide bonds. The van der Waals surface area contributed by atoms with E-state index in [1.54, 1.807) is 0 Å². The highest BCUT2D eigenvalue weighted by atomic mass is 32.2. The van der Waals surface area contributed by atoms with Gasteiger partial charge in [0.1, 0.15) is 22.9 Å². The fraction of sp³-hybridized carbons (Fsp3) is 0.278. The normalized spacial score (nSPS) is 23.9. The Kier molecular flexibility index (Phi) is 4.90. The van der Waals surface area contributed by atoms with Crippen LogP contribution < -0.4 is 15.4 Å². The number of nitrogens with zero attached hydrogens (tertiary/aromatic N) is 1. The fourth-order valence-electron chi connectivity index (χ4n) is 3.39. The van der Waals surface area contributed by atoms with Crippen LogP contribution in [0, 0.1) is 17.0 Å². The van der Waals surface area contributed by atoms with E-state index in [9.17, 15) is 13.6 Å². The molecule has 2 fully saturated rings. The number of nitrogens with one attached hydrogen (secondary N) is 4. The van der Waals surface area contributed by atoms with Crippen LogP contribution >= 0.6 is 11.9 Å². The molecule has 2 atom stereocenters. The summed E-state index contributed by atoms with van der Waals surface area (Å²) in [5, 5.41) is 13.5. The first kappa shape index (κ1) is 18.6. The van der Waals surface area contributed by atoms with Gasteiger partial charge in [-0.3, -0.25) is 10.2 Å².